The quantitative estimate of drug-likeness (QED) is 0.768. The highest BCUT2D eigenvalue weighted by atomic mass is 15.2. The summed E-state index contributed by atoms with van der Waals surface area (Å²) in [5, 5.41) is 3.36. The third kappa shape index (κ3) is 3.15. The van der Waals surface area contributed by atoms with Crippen LogP contribution in [0.1, 0.15) is 31.2 Å². The summed E-state index contributed by atoms with van der Waals surface area (Å²) in [7, 11) is 0. The molecule has 0 bridgehead atoms. The van der Waals surface area contributed by atoms with Gasteiger partial charge in [0.05, 0.1) is 6.33 Å². The smallest absolute Gasteiger partial charge is 0.182 e. The van der Waals surface area contributed by atoms with Crippen molar-refractivity contribution in [2.24, 2.45) is 0 Å². The molecule has 0 aromatic carbocycles. The average molecular weight is 323 g/mol. The number of pyridine rings is 1. The first-order valence-corrected chi connectivity index (χ1v) is 8.48. The van der Waals surface area contributed by atoms with Crippen molar-refractivity contribution in [1.29, 1.82) is 0 Å². The van der Waals surface area contributed by atoms with Gasteiger partial charge in [0.25, 0.3) is 0 Å². The lowest BCUT2D eigenvalue weighted by Gasteiger charge is -2.21. The van der Waals surface area contributed by atoms with Gasteiger partial charge in [-0.2, -0.15) is 0 Å². The van der Waals surface area contributed by atoms with Gasteiger partial charge in [0.1, 0.15) is 17.7 Å². The van der Waals surface area contributed by atoms with Crippen LogP contribution in [-0.2, 0) is 6.54 Å². The van der Waals surface area contributed by atoms with Gasteiger partial charge in [-0.05, 0) is 30.5 Å². The molecule has 7 nitrogen and oxygen atoms in total. The molecule has 124 valence electrons. The molecular formula is C17H21N7. The van der Waals surface area contributed by atoms with Crippen molar-refractivity contribution in [3.63, 3.8) is 0 Å². The zero-order valence-electron chi connectivity index (χ0n) is 13.6. The minimum atomic E-state index is 0.674. The van der Waals surface area contributed by atoms with E-state index in [0.29, 0.717) is 12.2 Å². The van der Waals surface area contributed by atoms with Crippen LogP contribution in [0.25, 0.3) is 11.2 Å². The fourth-order valence-electron chi connectivity index (χ4n) is 3.13. The SMILES string of the molecule is c1cc(CNc2ncnc3nc[nH]c23)cc(N2CCCCCC2)n1. The summed E-state index contributed by atoms with van der Waals surface area (Å²) in [5.74, 6) is 1.84. The summed E-state index contributed by atoms with van der Waals surface area (Å²) >= 11 is 0. The molecule has 24 heavy (non-hydrogen) atoms. The molecule has 0 radical (unpaired) electrons. The number of fused-ring (bicyclic) bond motifs is 1. The molecule has 0 unspecified atom stereocenters. The molecule has 7 heteroatoms. The van der Waals surface area contributed by atoms with Gasteiger partial charge in [-0.15, -0.1) is 0 Å². The van der Waals surface area contributed by atoms with Gasteiger partial charge in [-0.3, -0.25) is 0 Å². The van der Waals surface area contributed by atoms with Gasteiger partial charge in [0.2, 0.25) is 0 Å². The van der Waals surface area contributed by atoms with Crippen molar-refractivity contribution in [2.75, 3.05) is 23.3 Å². The van der Waals surface area contributed by atoms with Crippen molar-refractivity contribution in [2.45, 2.75) is 32.2 Å². The largest absolute Gasteiger partial charge is 0.364 e. The van der Waals surface area contributed by atoms with Crippen molar-refractivity contribution >= 4 is 22.8 Å². The molecule has 4 rings (SSSR count). The summed E-state index contributed by atoms with van der Waals surface area (Å²) in [6.45, 7) is 2.89. The van der Waals surface area contributed by atoms with Gasteiger partial charge >= 0.3 is 0 Å². The van der Waals surface area contributed by atoms with E-state index < -0.39 is 0 Å². The van der Waals surface area contributed by atoms with Crippen molar-refractivity contribution in [1.82, 2.24) is 24.9 Å². The molecule has 0 spiro atoms. The Kier molecular flexibility index (Phi) is 4.22. The van der Waals surface area contributed by atoms with Crippen LogP contribution in [0.15, 0.2) is 31.0 Å². The molecular weight excluding hydrogens is 302 g/mol. The second kappa shape index (κ2) is 6.82. The number of H-pyrrole nitrogens is 1. The van der Waals surface area contributed by atoms with Crippen LogP contribution in [0.2, 0.25) is 0 Å². The predicted octanol–water partition coefficient (Wildman–Crippen LogP) is 2.74. The predicted molar refractivity (Wildman–Crippen MR) is 93.9 cm³/mol. The number of anilines is 2. The Morgan fingerprint density at radius 1 is 1.04 bits per heavy atom. The first-order valence-electron chi connectivity index (χ1n) is 8.48. The first kappa shape index (κ1) is 14.9. The van der Waals surface area contributed by atoms with E-state index in [4.69, 9.17) is 0 Å². The fraction of sp³-hybridized carbons (Fsp3) is 0.412. The van der Waals surface area contributed by atoms with Crippen LogP contribution in [0.5, 0.6) is 0 Å². The normalized spacial score (nSPS) is 15.4. The summed E-state index contributed by atoms with van der Waals surface area (Å²) in [5.41, 5.74) is 2.70. The van der Waals surface area contributed by atoms with Crippen LogP contribution in [0.4, 0.5) is 11.6 Å². The number of nitrogens with zero attached hydrogens (tertiary/aromatic N) is 5. The van der Waals surface area contributed by atoms with E-state index >= 15 is 0 Å². The Hall–Kier alpha value is -2.70. The molecule has 1 saturated heterocycles. The minimum absolute atomic E-state index is 0.674. The van der Waals surface area contributed by atoms with Crippen LogP contribution in [0, 0.1) is 0 Å². The Labute approximate surface area is 140 Å². The van der Waals surface area contributed by atoms with Gasteiger partial charge < -0.3 is 15.2 Å². The zero-order chi connectivity index (χ0) is 16.2. The Balaban J connectivity index is 1.48. The lowest BCUT2D eigenvalue weighted by molar-refractivity contribution is 0.726. The number of aromatic nitrogens is 5. The van der Waals surface area contributed by atoms with Crippen molar-refractivity contribution in [3.05, 3.63) is 36.5 Å². The monoisotopic (exact) mass is 323 g/mol. The highest BCUT2D eigenvalue weighted by molar-refractivity contribution is 5.81. The minimum Gasteiger partial charge on any atom is -0.364 e. The van der Waals surface area contributed by atoms with Crippen LogP contribution < -0.4 is 10.2 Å². The number of hydrogen-bond acceptors (Lipinski definition) is 6. The maximum atomic E-state index is 4.56. The van der Waals surface area contributed by atoms with E-state index in [1.54, 1.807) is 6.33 Å². The zero-order valence-corrected chi connectivity index (χ0v) is 13.6. The maximum absolute atomic E-state index is 4.56. The highest BCUT2D eigenvalue weighted by Gasteiger charge is 2.11. The van der Waals surface area contributed by atoms with E-state index in [9.17, 15) is 0 Å². The molecule has 0 amide bonds. The second-order valence-electron chi connectivity index (χ2n) is 6.10. The van der Waals surface area contributed by atoms with Gasteiger partial charge in [0.15, 0.2) is 11.5 Å². The Bertz CT molecular complexity index is 805. The molecule has 1 aliphatic heterocycles. The third-order valence-corrected chi connectivity index (χ3v) is 4.42. The van der Waals surface area contributed by atoms with Crippen LogP contribution in [-0.4, -0.2) is 38.0 Å². The third-order valence-electron chi connectivity index (χ3n) is 4.42. The number of imidazole rings is 1. The van der Waals surface area contributed by atoms with E-state index in [1.165, 1.54) is 37.6 Å². The summed E-state index contributed by atoms with van der Waals surface area (Å²) < 4.78 is 0. The number of rotatable bonds is 4. The highest BCUT2D eigenvalue weighted by Crippen LogP contribution is 2.20. The molecule has 1 aliphatic rings. The molecule has 4 heterocycles. The molecule has 3 aromatic rings. The molecule has 2 N–H and O–H groups in total. The maximum Gasteiger partial charge on any atom is 0.182 e. The lowest BCUT2D eigenvalue weighted by Crippen LogP contribution is -2.25. The Morgan fingerprint density at radius 3 is 2.79 bits per heavy atom. The van der Waals surface area contributed by atoms with E-state index in [0.717, 1.165) is 30.2 Å². The van der Waals surface area contributed by atoms with Gasteiger partial charge in [0, 0.05) is 25.8 Å². The van der Waals surface area contributed by atoms with Crippen LogP contribution >= 0.6 is 0 Å². The molecule has 3 aromatic heterocycles. The van der Waals surface area contributed by atoms with Crippen molar-refractivity contribution < 1.29 is 0 Å². The van der Waals surface area contributed by atoms with Crippen LogP contribution in [0.3, 0.4) is 0 Å². The van der Waals surface area contributed by atoms with Gasteiger partial charge in [-0.1, -0.05) is 12.8 Å². The summed E-state index contributed by atoms with van der Waals surface area (Å²) in [4.78, 5) is 22.6. The van der Waals surface area contributed by atoms with E-state index in [-0.39, 0.29) is 0 Å². The van der Waals surface area contributed by atoms with Crippen molar-refractivity contribution in [3.8, 4) is 0 Å². The van der Waals surface area contributed by atoms with E-state index in [1.807, 2.05) is 12.3 Å². The van der Waals surface area contributed by atoms with Gasteiger partial charge in [-0.25, -0.2) is 19.9 Å². The van der Waals surface area contributed by atoms with E-state index in [2.05, 4.69) is 41.2 Å². The topological polar surface area (TPSA) is 82.6 Å². The summed E-state index contributed by atoms with van der Waals surface area (Å²) in [6.07, 6.45) is 10.2. The molecule has 1 fully saturated rings. The number of aromatic amines is 1. The summed E-state index contributed by atoms with van der Waals surface area (Å²) in [6, 6.07) is 4.21. The second-order valence-corrected chi connectivity index (χ2v) is 6.10. The standard InChI is InChI=1S/C17H21N7/c1-2-4-8-24(7-3-1)14-9-13(5-6-18-14)10-19-16-15-17(21-11-20-15)23-12-22-16/h5-6,9,11-12H,1-4,7-8,10H2,(H2,19,20,21,22,23). The first-order chi connectivity index (χ1) is 11.9. The number of nitrogens with one attached hydrogen (secondary N) is 2. The molecule has 0 atom stereocenters. The molecule has 0 saturated carbocycles. The number of hydrogen-bond donors (Lipinski definition) is 2. The Morgan fingerprint density at radius 2 is 1.92 bits per heavy atom. The molecule has 0 aliphatic carbocycles. The average Bonchev–Trinajstić information content (AvgIpc) is 2.94. The lowest BCUT2D eigenvalue weighted by atomic mass is 10.2. The fourth-order valence-corrected chi connectivity index (χ4v) is 3.13.